The Morgan fingerprint density at radius 2 is 1.83 bits per heavy atom. The van der Waals surface area contributed by atoms with Crippen molar-refractivity contribution in [2.75, 3.05) is 0 Å². The lowest BCUT2D eigenvalue weighted by atomic mass is 9.83. The van der Waals surface area contributed by atoms with Crippen LogP contribution in [0.4, 0.5) is 0 Å². The summed E-state index contributed by atoms with van der Waals surface area (Å²) in [5.41, 5.74) is -0.0638. The minimum atomic E-state index is -0.284. The van der Waals surface area contributed by atoms with Crippen molar-refractivity contribution in [1.29, 1.82) is 0 Å². The third-order valence-electron chi connectivity index (χ3n) is 2.50. The van der Waals surface area contributed by atoms with E-state index in [-0.39, 0.29) is 11.4 Å². The minimum absolute atomic E-state index is 0.0638. The summed E-state index contributed by atoms with van der Waals surface area (Å²) < 4.78 is 4.96. The molecule has 0 saturated heterocycles. The van der Waals surface area contributed by atoms with Gasteiger partial charge < -0.3 is 4.74 Å². The SMILES string of the molecule is C=C(OC(C)=O)C(C)(CC)CC. The van der Waals surface area contributed by atoms with E-state index in [0.717, 1.165) is 12.8 Å². The summed E-state index contributed by atoms with van der Waals surface area (Å²) >= 11 is 0. The van der Waals surface area contributed by atoms with Crippen molar-refractivity contribution < 1.29 is 9.53 Å². The first-order valence-electron chi connectivity index (χ1n) is 4.34. The lowest BCUT2D eigenvalue weighted by Crippen LogP contribution is -2.19. The summed E-state index contributed by atoms with van der Waals surface area (Å²) in [6.07, 6.45) is 1.88. The molecule has 0 radical (unpaired) electrons. The van der Waals surface area contributed by atoms with Crippen LogP contribution in [0.5, 0.6) is 0 Å². The second-order valence-corrected chi connectivity index (χ2v) is 3.28. The summed E-state index contributed by atoms with van der Waals surface area (Å²) in [6, 6.07) is 0. The van der Waals surface area contributed by atoms with E-state index in [1.807, 2.05) is 0 Å². The van der Waals surface area contributed by atoms with Crippen molar-refractivity contribution in [2.45, 2.75) is 40.5 Å². The standard InChI is InChI=1S/C10H18O2/c1-6-10(5,7-2)8(3)12-9(4)11/h3,6-7H2,1-2,4-5H3. The fourth-order valence-corrected chi connectivity index (χ4v) is 0.941. The molecule has 0 heterocycles. The smallest absolute Gasteiger partial charge is 0.307 e. The van der Waals surface area contributed by atoms with Gasteiger partial charge in [-0.1, -0.05) is 27.4 Å². The molecule has 0 unspecified atom stereocenters. The third-order valence-corrected chi connectivity index (χ3v) is 2.50. The number of rotatable bonds is 4. The van der Waals surface area contributed by atoms with Crippen LogP contribution in [0.15, 0.2) is 12.3 Å². The second kappa shape index (κ2) is 4.29. The van der Waals surface area contributed by atoms with Crippen molar-refractivity contribution in [3.63, 3.8) is 0 Å². The molecule has 12 heavy (non-hydrogen) atoms. The van der Waals surface area contributed by atoms with Crippen molar-refractivity contribution >= 4 is 5.97 Å². The van der Waals surface area contributed by atoms with Crippen molar-refractivity contribution in [3.05, 3.63) is 12.3 Å². The summed E-state index contributed by atoms with van der Waals surface area (Å²) in [4.78, 5) is 10.6. The van der Waals surface area contributed by atoms with Crippen LogP contribution < -0.4 is 0 Å². The molecule has 0 aromatic carbocycles. The van der Waals surface area contributed by atoms with Crippen LogP contribution in [-0.4, -0.2) is 5.97 Å². The Labute approximate surface area is 74.6 Å². The van der Waals surface area contributed by atoms with Gasteiger partial charge in [-0.2, -0.15) is 0 Å². The fourth-order valence-electron chi connectivity index (χ4n) is 0.941. The Kier molecular flexibility index (Phi) is 4.01. The average molecular weight is 170 g/mol. The van der Waals surface area contributed by atoms with E-state index in [9.17, 15) is 4.79 Å². The van der Waals surface area contributed by atoms with E-state index < -0.39 is 0 Å². The van der Waals surface area contributed by atoms with Gasteiger partial charge in [-0.3, -0.25) is 4.79 Å². The Balaban J connectivity index is 4.32. The van der Waals surface area contributed by atoms with Gasteiger partial charge in [-0.15, -0.1) is 0 Å². The van der Waals surface area contributed by atoms with E-state index in [2.05, 4.69) is 27.4 Å². The lowest BCUT2D eigenvalue weighted by Gasteiger charge is -2.27. The van der Waals surface area contributed by atoms with E-state index in [1.165, 1.54) is 6.92 Å². The van der Waals surface area contributed by atoms with E-state index >= 15 is 0 Å². The zero-order valence-electron chi connectivity index (χ0n) is 8.44. The summed E-state index contributed by atoms with van der Waals surface area (Å²) in [5, 5.41) is 0. The van der Waals surface area contributed by atoms with Gasteiger partial charge in [0.2, 0.25) is 0 Å². The fraction of sp³-hybridized carbons (Fsp3) is 0.700. The van der Waals surface area contributed by atoms with Gasteiger partial charge in [0, 0.05) is 12.3 Å². The van der Waals surface area contributed by atoms with Gasteiger partial charge in [0.25, 0.3) is 0 Å². The zero-order valence-corrected chi connectivity index (χ0v) is 8.44. The van der Waals surface area contributed by atoms with Gasteiger partial charge >= 0.3 is 5.97 Å². The lowest BCUT2D eigenvalue weighted by molar-refractivity contribution is -0.138. The molecule has 2 heteroatoms. The number of carbonyl (C=O) groups is 1. The monoisotopic (exact) mass is 170 g/mol. The predicted octanol–water partition coefficient (Wildman–Crippen LogP) is 2.89. The Morgan fingerprint density at radius 3 is 2.08 bits per heavy atom. The molecule has 0 rings (SSSR count). The van der Waals surface area contributed by atoms with Gasteiger partial charge in [0.15, 0.2) is 0 Å². The number of ether oxygens (including phenoxy) is 1. The molecule has 0 aromatic rings. The van der Waals surface area contributed by atoms with Crippen LogP contribution in [0.25, 0.3) is 0 Å². The summed E-state index contributed by atoms with van der Waals surface area (Å²) in [6.45, 7) is 11.4. The molecule has 0 fully saturated rings. The molecule has 0 atom stereocenters. The first kappa shape index (κ1) is 11.2. The number of hydrogen-bond donors (Lipinski definition) is 0. The van der Waals surface area contributed by atoms with Gasteiger partial charge in [-0.25, -0.2) is 0 Å². The number of esters is 1. The normalized spacial score (nSPS) is 11.0. The molecule has 0 amide bonds. The van der Waals surface area contributed by atoms with E-state index in [1.54, 1.807) is 0 Å². The third kappa shape index (κ3) is 2.68. The molecule has 0 bridgehead atoms. The zero-order chi connectivity index (χ0) is 9.78. The number of carbonyl (C=O) groups excluding carboxylic acids is 1. The van der Waals surface area contributed by atoms with Gasteiger partial charge in [-0.05, 0) is 12.8 Å². The van der Waals surface area contributed by atoms with Crippen LogP contribution in [0.3, 0.4) is 0 Å². The van der Waals surface area contributed by atoms with E-state index in [4.69, 9.17) is 4.74 Å². The molecular weight excluding hydrogens is 152 g/mol. The molecule has 0 saturated carbocycles. The van der Waals surface area contributed by atoms with Crippen LogP contribution in [-0.2, 0) is 9.53 Å². The summed E-state index contributed by atoms with van der Waals surface area (Å²) in [5.74, 6) is 0.299. The molecule has 0 aliphatic heterocycles. The summed E-state index contributed by atoms with van der Waals surface area (Å²) in [7, 11) is 0. The van der Waals surface area contributed by atoms with Crippen molar-refractivity contribution in [3.8, 4) is 0 Å². The predicted molar refractivity (Wildman–Crippen MR) is 49.6 cm³/mol. The highest BCUT2D eigenvalue weighted by molar-refractivity contribution is 5.67. The highest BCUT2D eigenvalue weighted by Crippen LogP contribution is 2.33. The Bertz CT molecular complexity index is 178. The molecule has 0 aliphatic carbocycles. The molecule has 0 spiro atoms. The van der Waals surface area contributed by atoms with Crippen LogP contribution in [0, 0.1) is 5.41 Å². The van der Waals surface area contributed by atoms with Crippen LogP contribution in [0.1, 0.15) is 40.5 Å². The van der Waals surface area contributed by atoms with E-state index in [0.29, 0.717) is 5.76 Å². The van der Waals surface area contributed by atoms with Gasteiger partial charge in [0.1, 0.15) is 5.76 Å². The number of allylic oxidation sites excluding steroid dienone is 1. The van der Waals surface area contributed by atoms with Crippen LogP contribution in [0.2, 0.25) is 0 Å². The van der Waals surface area contributed by atoms with Crippen LogP contribution >= 0.6 is 0 Å². The minimum Gasteiger partial charge on any atom is -0.431 e. The second-order valence-electron chi connectivity index (χ2n) is 3.28. The first-order valence-corrected chi connectivity index (χ1v) is 4.34. The molecule has 0 aromatic heterocycles. The Morgan fingerprint density at radius 1 is 1.42 bits per heavy atom. The van der Waals surface area contributed by atoms with Gasteiger partial charge in [0.05, 0.1) is 0 Å². The molecule has 0 N–H and O–H groups in total. The molecule has 0 aliphatic rings. The average Bonchev–Trinajstić information content (AvgIpc) is 2.02. The van der Waals surface area contributed by atoms with Crippen molar-refractivity contribution in [1.82, 2.24) is 0 Å². The highest BCUT2D eigenvalue weighted by Gasteiger charge is 2.25. The topological polar surface area (TPSA) is 26.3 Å². The number of hydrogen-bond acceptors (Lipinski definition) is 2. The maximum Gasteiger partial charge on any atom is 0.307 e. The van der Waals surface area contributed by atoms with Crippen molar-refractivity contribution in [2.24, 2.45) is 5.41 Å². The first-order chi connectivity index (χ1) is 5.46. The quantitative estimate of drug-likeness (QED) is 0.479. The molecule has 70 valence electrons. The Hall–Kier alpha value is -0.790. The maximum absolute atomic E-state index is 10.6. The maximum atomic E-state index is 10.6. The highest BCUT2D eigenvalue weighted by atomic mass is 16.5. The molecule has 2 nitrogen and oxygen atoms in total. The molecular formula is C10H18O2. The largest absolute Gasteiger partial charge is 0.431 e.